The maximum Gasteiger partial charge on any atom is 0.469 e. The van der Waals surface area contributed by atoms with Gasteiger partial charge in [-0.3, -0.25) is 14.6 Å². The molecule has 14 nitrogen and oxygen atoms in total. The number of nitrogens with two attached hydrogens (primary N) is 2. The fraction of sp³-hybridized carbons (Fsp3) is 0.750. The van der Waals surface area contributed by atoms with Gasteiger partial charge < -0.3 is 46.0 Å². The Bertz CT molecular complexity index is 893. The first kappa shape index (κ1) is 33.5. The van der Waals surface area contributed by atoms with Gasteiger partial charge in [-0.1, -0.05) is 50.7 Å². The van der Waals surface area contributed by atoms with Crippen LogP contribution in [0.2, 0.25) is 0 Å². The zero-order valence-corrected chi connectivity index (χ0v) is 22.8. The summed E-state index contributed by atoms with van der Waals surface area (Å²) in [5.41, 5.74) is 10.8. The zero-order chi connectivity index (χ0) is 29.0. The second-order valence-electron chi connectivity index (χ2n) is 9.94. The average Bonchev–Trinajstić information content (AvgIpc) is 2.89. The molecular formula is C24H42N3O11P. The lowest BCUT2D eigenvalue weighted by atomic mass is 9.97. The molecule has 0 amide bonds. The summed E-state index contributed by atoms with van der Waals surface area (Å²) in [7, 11) is -4.87. The van der Waals surface area contributed by atoms with Crippen LogP contribution in [0.15, 0.2) is 24.3 Å². The highest BCUT2D eigenvalue weighted by Gasteiger charge is 2.46. The Hall–Kier alpha value is -1.71. The van der Waals surface area contributed by atoms with Crippen LogP contribution in [-0.2, 0) is 13.8 Å². The molecule has 1 aliphatic heterocycles. The molecule has 1 aromatic carbocycles. The molecule has 9 N–H and O–H groups in total. The quantitative estimate of drug-likeness (QED) is 0.144. The van der Waals surface area contributed by atoms with E-state index >= 15 is 0 Å². The van der Waals surface area contributed by atoms with Crippen LogP contribution in [0, 0.1) is 10.1 Å². The van der Waals surface area contributed by atoms with Crippen LogP contribution in [-0.4, -0.2) is 79.4 Å². The van der Waals surface area contributed by atoms with E-state index in [0.29, 0.717) is 12.1 Å². The number of para-hydroxylation sites is 2. The standard InChI is InChI=1S/C12H16NO11P.2C6H13N/c14-9-8(5-22-25(19,20)21)24-12(11(16)10(9)15)23-7-4-2-1-3-6(7)13(17)18;2*7-6-4-2-1-3-5-6/h1-4,8-12,14-16H,5H2,(H2,19,20,21);2*6H,1-5,7H2/t8-,9+,10+,11-,12-;;/m0../s1. The number of phosphoric ester groups is 1. The minimum absolute atomic E-state index is 0.269. The van der Waals surface area contributed by atoms with Gasteiger partial charge in [0.2, 0.25) is 6.29 Å². The molecule has 3 fully saturated rings. The van der Waals surface area contributed by atoms with E-state index in [9.17, 15) is 30.0 Å². The number of nitro groups is 1. The molecule has 2 saturated carbocycles. The minimum Gasteiger partial charge on any atom is -0.455 e. The fourth-order valence-electron chi connectivity index (χ4n) is 4.42. The molecule has 0 radical (unpaired) electrons. The van der Waals surface area contributed by atoms with Gasteiger partial charge in [0, 0.05) is 18.2 Å². The number of nitro benzene ring substituents is 1. The van der Waals surface area contributed by atoms with Gasteiger partial charge in [-0.25, -0.2) is 4.57 Å². The molecule has 5 atom stereocenters. The number of nitrogens with zero attached hydrogens (tertiary/aromatic N) is 1. The molecule has 4 rings (SSSR count). The van der Waals surface area contributed by atoms with Crippen molar-refractivity contribution in [2.24, 2.45) is 11.5 Å². The van der Waals surface area contributed by atoms with E-state index in [2.05, 4.69) is 4.52 Å². The maximum atomic E-state index is 11.0. The van der Waals surface area contributed by atoms with Crippen molar-refractivity contribution in [2.45, 2.75) is 107 Å². The summed E-state index contributed by atoms with van der Waals surface area (Å²) in [6.07, 6.45) is 4.91. The molecule has 15 heteroatoms. The molecule has 0 aromatic heterocycles. The van der Waals surface area contributed by atoms with Gasteiger partial charge in [0.1, 0.15) is 24.4 Å². The summed E-state index contributed by atoms with van der Waals surface area (Å²) in [5, 5.41) is 40.5. The number of aliphatic hydroxyl groups is 3. The third-order valence-corrected chi connectivity index (χ3v) is 7.17. The van der Waals surface area contributed by atoms with Gasteiger partial charge in [0.05, 0.1) is 11.5 Å². The Morgan fingerprint density at radius 2 is 1.41 bits per heavy atom. The summed E-state index contributed by atoms with van der Waals surface area (Å²) < 4.78 is 25.3. The number of rotatable bonds is 6. The van der Waals surface area contributed by atoms with Crippen LogP contribution in [0.4, 0.5) is 5.69 Å². The molecule has 2 aliphatic carbocycles. The molecule has 0 unspecified atom stereocenters. The lowest BCUT2D eigenvalue weighted by molar-refractivity contribution is -0.387. The van der Waals surface area contributed by atoms with Crippen LogP contribution >= 0.6 is 7.82 Å². The smallest absolute Gasteiger partial charge is 0.455 e. The number of phosphoric acid groups is 1. The molecule has 0 bridgehead atoms. The predicted molar refractivity (Wildman–Crippen MR) is 141 cm³/mol. The Balaban J connectivity index is 0.000000306. The van der Waals surface area contributed by atoms with Crippen molar-refractivity contribution >= 4 is 13.5 Å². The Labute approximate surface area is 227 Å². The Morgan fingerprint density at radius 3 is 1.85 bits per heavy atom. The molecule has 1 aromatic rings. The molecule has 39 heavy (non-hydrogen) atoms. The normalized spacial score (nSPS) is 28.3. The third-order valence-electron chi connectivity index (χ3n) is 6.68. The number of ether oxygens (including phenoxy) is 2. The summed E-state index contributed by atoms with van der Waals surface area (Å²) in [6, 6.07) is 6.26. The predicted octanol–water partition coefficient (Wildman–Crippen LogP) is 1.45. The average molecular weight is 580 g/mol. The van der Waals surface area contributed by atoms with Gasteiger partial charge in [0.15, 0.2) is 5.75 Å². The highest BCUT2D eigenvalue weighted by molar-refractivity contribution is 7.46. The Morgan fingerprint density at radius 1 is 0.897 bits per heavy atom. The van der Waals surface area contributed by atoms with Crippen LogP contribution in [0.3, 0.4) is 0 Å². The van der Waals surface area contributed by atoms with Gasteiger partial charge in [-0.05, 0) is 31.7 Å². The second-order valence-corrected chi connectivity index (χ2v) is 11.2. The van der Waals surface area contributed by atoms with Crippen LogP contribution in [0.5, 0.6) is 5.75 Å². The van der Waals surface area contributed by atoms with Crippen LogP contribution in [0.25, 0.3) is 0 Å². The SMILES string of the molecule is NC1CCCCC1.NC1CCCCC1.O=[N+]([O-])c1ccccc1O[C@H]1O[C@@H](COP(=O)(O)O)[C@@H](O)[C@@H](O)[C@@H]1O. The van der Waals surface area contributed by atoms with E-state index < -0.39 is 55.7 Å². The van der Waals surface area contributed by atoms with Crippen LogP contribution in [0.1, 0.15) is 64.2 Å². The summed E-state index contributed by atoms with van der Waals surface area (Å²) >= 11 is 0. The fourth-order valence-corrected chi connectivity index (χ4v) is 4.76. The lowest BCUT2D eigenvalue weighted by Crippen LogP contribution is -2.60. The first-order valence-corrected chi connectivity index (χ1v) is 14.7. The number of hydrogen-bond acceptors (Lipinski definition) is 11. The summed E-state index contributed by atoms with van der Waals surface area (Å²) in [4.78, 5) is 27.6. The minimum atomic E-state index is -4.87. The van der Waals surface area contributed by atoms with Gasteiger partial charge in [-0.15, -0.1) is 0 Å². The molecule has 1 heterocycles. The number of hydrogen-bond donors (Lipinski definition) is 7. The second kappa shape index (κ2) is 16.5. The summed E-state index contributed by atoms with van der Waals surface area (Å²) in [5.74, 6) is -0.269. The largest absolute Gasteiger partial charge is 0.469 e. The van der Waals surface area contributed by atoms with Crippen molar-refractivity contribution in [1.29, 1.82) is 0 Å². The molecular weight excluding hydrogens is 537 g/mol. The highest BCUT2D eigenvalue weighted by atomic mass is 31.2. The number of aliphatic hydroxyl groups excluding tert-OH is 3. The van der Waals surface area contributed by atoms with E-state index in [4.69, 9.17) is 30.7 Å². The molecule has 224 valence electrons. The van der Waals surface area contributed by atoms with Crippen LogP contribution < -0.4 is 16.2 Å². The monoisotopic (exact) mass is 579 g/mol. The van der Waals surface area contributed by atoms with E-state index in [-0.39, 0.29) is 5.75 Å². The lowest BCUT2D eigenvalue weighted by Gasteiger charge is -2.39. The van der Waals surface area contributed by atoms with E-state index in [1.54, 1.807) is 0 Å². The number of benzene rings is 1. The van der Waals surface area contributed by atoms with Crippen molar-refractivity contribution in [3.63, 3.8) is 0 Å². The highest BCUT2D eigenvalue weighted by Crippen LogP contribution is 2.37. The molecule has 3 aliphatic rings. The van der Waals surface area contributed by atoms with E-state index in [1.165, 1.54) is 82.4 Å². The van der Waals surface area contributed by atoms with Crippen molar-refractivity contribution in [1.82, 2.24) is 0 Å². The van der Waals surface area contributed by atoms with E-state index in [1.807, 2.05) is 0 Å². The van der Waals surface area contributed by atoms with Crippen molar-refractivity contribution < 1.29 is 48.6 Å². The molecule has 1 saturated heterocycles. The van der Waals surface area contributed by atoms with Crippen molar-refractivity contribution in [3.05, 3.63) is 34.4 Å². The summed E-state index contributed by atoms with van der Waals surface area (Å²) in [6.45, 7) is -0.814. The zero-order valence-electron chi connectivity index (χ0n) is 21.9. The first-order chi connectivity index (χ1) is 18.4. The topological polar surface area (TPSA) is 241 Å². The molecule has 0 spiro atoms. The maximum absolute atomic E-state index is 11.0. The van der Waals surface area contributed by atoms with Crippen molar-refractivity contribution in [2.75, 3.05) is 6.61 Å². The third kappa shape index (κ3) is 12.1. The first-order valence-electron chi connectivity index (χ1n) is 13.2. The van der Waals surface area contributed by atoms with Gasteiger partial charge in [0.25, 0.3) is 0 Å². The van der Waals surface area contributed by atoms with Gasteiger partial charge >= 0.3 is 13.5 Å². The van der Waals surface area contributed by atoms with E-state index in [0.717, 1.165) is 6.07 Å². The Kier molecular flexibility index (Phi) is 14.2. The van der Waals surface area contributed by atoms with Gasteiger partial charge in [-0.2, -0.15) is 0 Å². The van der Waals surface area contributed by atoms with Crippen molar-refractivity contribution in [3.8, 4) is 5.75 Å².